The summed E-state index contributed by atoms with van der Waals surface area (Å²) in [5.41, 5.74) is 5.68. The number of esters is 1. The Morgan fingerprint density at radius 2 is 1.97 bits per heavy atom. The van der Waals surface area contributed by atoms with Gasteiger partial charge in [-0.3, -0.25) is 0 Å². The van der Waals surface area contributed by atoms with Gasteiger partial charge in [0.15, 0.2) is 0 Å². The first-order valence-electron chi connectivity index (χ1n) is 11.2. The van der Waals surface area contributed by atoms with Gasteiger partial charge < -0.3 is 4.74 Å². The molecule has 2 nitrogen and oxygen atoms in total. The van der Waals surface area contributed by atoms with Gasteiger partial charge in [0.25, 0.3) is 0 Å². The molecular formula is C27H37FO2. The maximum atomic E-state index is 15.6. The molecule has 0 radical (unpaired) electrons. The molecule has 0 saturated carbocycles. The van der Waals surface area contributed by atoms with Crippen LogP contribution in [0.4, 0.5) is 4.39 Å². The third-order valence-corrected chi connectivity index (χ3v) is 6.23. The number of carbonyl (C=O) groups is 1. The van der Waals surface area contributed by atoms with Crippen LogP contribution in [0.5, 0.6) is 0 Å². The molecule has 0 unspecified atom stereocenters. The van der Waals surface area contributed by atoms with Crippen LogP contribution < -0.4 is 0 Å². The lowest BCUT2D eigenvalue weighted by molar-refractivity contribution is 0.0499. The van der Waals surface area contributed by atoms with Crippen molar-refractivity contribution in [2.24, 2.45) is 5.41 Å². The molecule has 1 aliphatic rings. The highest BCUT2D eigenvalue weighted by molar-refractivity contribution is 5.90. The van der Waals surface area contributed by atoms with Crippen LogP contribution >= 0.6 is 0 Å². The van der Waals surface area contributed by atoms with E-state index in [-0.39, 0.29) is 17.2 Å². The van der Waals surface area contributed by atoms with E-state index in [1.165, 1.54) is 11.1 Å². The second-order valence-electron chi connectivity index (χ2n) is 9.03. The summed E-state index contributed by atoms with van der Waals surface area (Å²) in [6, 6.07) is 5.12. The van der Waals surface area contributed by atoms with Crippen LogP contribution in [0.1, 0.15) is 95.1 Å². The number of carbonyl (C=O) groups excluding carboxylic acids is 1. The Balaban J connectivity index is 2.38. The zero-order valence-corrected chi connectivity index (χ0v) is 19.6. The SMILES string of the molecule is C=C(C1=C(C)CCCC1(C)C)/C(C)=C(\F)c1ccc(C(=O)OCCCC)cc1CC. The van der Waals surface area contributed by atoms with Gasteiger partial charge in [0.05, 0.1) is 12.2 Å². The topological polar surface area (TPSA) is 26.3 Å². The zero-order valence-electron chi connectivity index (χ0n) is 19.6. The lowest BCUT2D eigenvalue weighted by Crippen LogP contribution is -2.22. The van der Waals surface area contributed by atoms with Crippen molar-refractivity contribution in [3.05, 3.63) is 63.8 Å². The molecule has 1 aromatic carbocycles. The average molecular weight is 413 g/mol. The van der Waals surface area contributed by atoms with Crippen molar-refractivity contribution >= 4 is 11.8 Å². The normalized spacial score (nSPS) is 16.9. The number of halogens is 1. The number of aryl methyl sites for hydroxylation is 1. The Morgan fingerprint density at radius 3 is 2.57 bits per heavy atom. The predicted octanol–water partition coefficient (Wildman–Crippen LogP) is 7.99. The van der Waals surface area contributed by atoms with E-state index in [9.17, 15) is 4.79 Å². The molecule has 0 N–H and O–H groups in total. The fraction of sp³-hybridized carbons (Fsp3) is 0.519. The molecule has 3 heteroatoms. The minimum absolute atomic E-state index is 0.000642. The molecule has 1 aromatic rings. The first-order chi connectivity index (χ1) is 14.1. The van der Waals surface area contributed by atoms with Gasteiger partial charge in [-0.05, 0) is 85.8 Å². The standard InChI is InChI=1S/C27H37FO2/c1-8-10-16-30-26(29)22-13-14-23(21(9-2)17-22)25(28)20(5)19(4)24-18(3)12-11-15-27(24,6)7/h13-14,17H,4,8-12,15-16H2,1-3,5-7H3/b25-20-. The van der Waals surface area contributed by atoms with Gasteiger partial charge in [-0.2, -0.15) is 0 Å². The Hall–Kier alpha value is -2.16. The van der Waals surface area contributed by atoms with Gasteiger partial charge in [0, 0.05) is 5.56 Å². The van der Waals surface area contributed by atoms with E-state index < -0.39 is 0 Å². The van der Waals surface area contributed by atoms with E-state index in [1.54, 1.807) is 18.2 Å². The largest absolute Gasteiger partial charge is 0.462 e. The smallest absolute Gasteiger partial charge is 0.338 e. The Kier molecular flexibility index (Phi) is 8.23. The maximum absolute atomic E-state index is 15.6. The molecule has 0 aliphatic heterocycles. The lowest BCUT2D eigenvalue weighted by Gasteiger charge is -2.36. The molecule has 0 amide bonds. The fourth-order valence-electron chi connectivity index (χ4n) is 4.43. The number of hydrogen-bond acceptors (Lipinski definition) is 2. The summed E-state index contributed by atoms with van der Waals surface area (Å²) < 4.78 is 20.9. The van der Waals surface area contributed by atoms with Crippen LogP contribution in [-0.2, 0) is 11.2 Å². The number of benzene rings is 1. The molecule has 0 aromatic heterocycles. The molecule has 0 atom stereocenters. The van der Waals surface area contributed by atoms with Crippen molar-refractivity contribution in [3.63, 3.8) is 0 Å². The molecule has 0 bridgehead atoms. The second kappa shape index (κ2) is 10.2. The van der Waals surface area contributed by atoms with Gasteiger partial charge in [0.2, 0.25) is 0 Å². The van der Waals surface area contributed by atoms with E-state index in [1.807, 2.05) is 13.8 Å². The molecule has 0 heterocycles. The lowest BCUT2D eigenvalue weighted by atomic mass is 9.69. The molecule has 0 spiro atoms. The summed E-state index contributed by atoms with van der Waals surface area (Å²) in [7, 11) is 0. The van der Waals surface area contributed by atoms with Crippen LogP contribution in [0.2, 0.25) is 0 Å². The zero-order chi connectivity index (χ0) is 22.5. The quantitative estimate of drug-likeness (QED) is 0.246. The minimum atomic E-state index is -0.347. The Labute approximate surface area is 181 Å². The van der Waals surface area contributed by atoms with Crippen LogP contribution in [0.25, 0.3) is 5.83 Å². The van der Waals surface area contributed by atoms with Gasteiger partial charge >= 0.3 is 5.97 Å². The maximum Gasteiger partial charge on any atom is 0.338 e. The molecule has 0 fully saturated rings. The predicted molar refractivity (Wildman–Crippen MR) is 124 cm³/mol. The highest BCUT2D eigenvalue weighted by Gasteiger charge is 2.31. The molecule has 30 heavy (non-hydrogen) atoms. The van der Waals surface area contributed by atoms with Crippen LogP contribution in [0.3, 0.4) is 0 Å². The monoisotopic (exact) mass is 412 g/mol. The molecule has 0 saturated heterocycles. The minimum Gasteiger partial charge on any atom is -0.462 e. The van der Waals surface area contributed by atoms with Gasteiger partial charge in [-0.15, -0.1) is 0 Å². The molecule has 164 valence electrons. The van der Waals surface area contributed by atoms with Crippen LogP contribution in [0.15, 0.2) is 47.1 Å². The number of hydrogen-bond donors (Lipinski definition) is 0. The Bertz CT molecular complexity index is 871. The van der Waals surface area contributed by atoms with E-state index in [4.69, 9.17) is 4.74 Å². The van der Waals surface area contributed by atoms with Gasteiger partial charge in [-0.25, -0.2) is 9.18 Å². The summed E-state index contributed by atoms with van der Waals surface area (Å²) in [5, 5.41) is 0. The third kappa shape index (κ3) is 5.30. The van der Waals surface area contributed by atoms with Crippen LogP contribution in [0, 0.1) is 5.41 Å². The average Bonchev–Trinajstić information content (AvgIpc) is 2.71. The number of ether oxygens (including phenoxy) is 1. The summed E-state index contributed by atoms with van der Waals surface area (Å²) in [6.07, 6.45) is 5.74. The van der Waals surface area contributed by atoms with Gasteiger partial charge in [-0.1, -0.05) is 52.3 Å². The molecular weight excluding hydrogens is 375 g/mol. The highest BCUT2D eigenvalue weighted by atomic mass is 19.1. The second-order valence-corrected chi connectivity index (χ2v) is 9.03. The number of rotatable bonds is 8. The van der Waals surface area contributed by atoms with Crippen molar-refractivity contribution in [1.29, 1.82) is 0 Å². The van der Waals surface area contributed by atoms with Crippen molar-refractivity contribution < 1.29 is 13.9 Å². The number of unbranched alkanes of at least 4 members (excludes halogenated alkanes) is 1. The molecule has 2 rings (SSSR count). The summed E-state index contributed by atoms with van der Waals surface area (Å²) in [5.74, 6) is -0.607. The first kappa shape index (κ1) is 24.1. The van der Waals surface area contributed by atoms with Crippen molar-refractivity contribution in [3.8, 4) is 0 Å². The molecule has 1 aliphatic carbocycles. The van der Waals surface area contributed by atoms with E-state index in [0.29, 0.717) is 29.7 Å². The highest BCUT2D eigenvalue weighted by Crippen LogP contribution is 2.46. The third-order valence-electron chi connectivity index (χ3n) is 6.23. The Morgan fingerprint density at radius 1 is 1.27 bits per heavy atom. The van der Waals surface area contributed by atoms with Crippen molar-refractivity contribution in [2.45, 2.75) is 80.1 Å². The summed E-state index contributed by atoms with van der Waals surface area (Å²) >= 11 is 0. The van der Waals surface area contributed by atoms with E-state index in [2.05, 4.69) is 34.3 Å². The fourth-order valence-corrected chi connectivity index (χ4v) is 4.43. The van der Waals surface area contributed by atoms with Crippen LogP contribution in [-0.4, -0.2) is 12.6 Å². The van der Waals surface area contributed by atoms with Gasteiger partial charge in [0.1, 0.15) is 5.83 Å². The summed E-state index contributed by atoms with van der Waals surface area (Å²) in [4.78, 5) is 12.3. The number of allylic oxidation sites excluding steroid dienone is 4. The van der Waals surface area contributed by atoms with Crippen molar-refractivity contribution in [1.82, 2.24) is 0 Å². The van der Waals surface area contributed by atoms with E-state index in [0.717, 1.165) is 43.2 Å². The van der Waals surface area contributed by atoms with E-state index >= 15 is 4.39 Å². The summed E-state index contributed by atoms with van der Waals surface area (Å²) in [6.45, 7) is 17.1. The first-order valence-corrected chi connectivity index (χ1v) is 11.2. The van der Waals surface area contributed by atoms with Crippen molar-refractivity contribution in [2.75, 3.05) is 6.61 Å².